The van der Waals surface area contributed by atoms with Crippen LogP contribution in [0.5, 0.6) is 0 Å². The van der Waals surface area contributed by atoms with E-state index in [-0.39, 0.29) is 11.5 Å². The summed E-state index contributed by atoms with van der Waals surface area (Å²) in [5, 5.41) is 2.89. The Balaban J connectivity index is 1.38. The van der Waals surface area contributed by atoms with Crippen LogP contribution in [0, 0.1) is 11.8 Å². The van der Waals surface area contributed by atoms with Crippen molar-refractivity contribution < 1.29 is 9.53 Å². The Hall–Kier alpha value is -2.64. The summed E-state index contributed by atoms with van der Waals surface area (Å²) in [4.78, 5) is 32.0. The third-order valence-corrected chi connectivity index (χ3v) is 6.26. The van der Waals surface area contributed by atoms with Gasteiger partial charge >= 0.3 is 0 Å². The van der Waals surface area contributed by atoms with Gasteiger partial charge < -0.3 is 14.5 Å². The molecule has 0 radical (unpaired) electrons. The largest absolute Gasteiger partial charge is 0.360 e. The van der Waals surface area contributed by atoms with E-state index in [0.29, 0.717) is 12.2 Å². The van der Waals surface area contributed by atoms with Crippen molar-refractivity contribution in [2.45, 2.75) is 44.8 Å². The van der Waals surface area contributed by atoms with Crippen LogP contribution in [0.15, 0.2) is 47.8 Å². The number of para-hydroxylation sites is 1. The van der Waals surface area contributed by atoms with Gasteiger partial charge in [-0.2, -0.15) is 0 Å². The van der Waals surface area contributed by atoms with Gasteiger partial charge in [0.15, 0.2) is 0 Å². The van der Waals surface area contributed by atoms with Crippen molar-refractivity contribution >= 4 is 17.3 Å². The van der Waals surface area contributed by atoms with Crippen LogP contribution in [-0.2, 0) is 16.0 Å². The summed E-state index contributed by atoms with van der Waals surface area (Å²) in [6.45, 7) is 7.28. The lowest BCUT2D eigenvalue weighted by molar-refractivity contribution is -0.161. The molecule has 3 heterocycles. The standard InChI is InChI=1S/C23H28N4O3/c1-17-5-3-4-6-21(17)27-16-23(30-18(2)22(27)28)10-13-26(14-11-23)12-9-19-7-8-20(25-29)15-24-19/h3-8,15,18H,9-14,16H2,1-2H3. The maximum absolute atomic E-state index is 12.8. The number of aromatic nitrogens is 1. The fourth-order valence-corrected chi connectivity index (χ4v) is 4.47. The van der Waals surface area contributed by atoms with E-state index in [2.05, 4.69) is 15.1 Å². The average molecular weight is 409 g/mol. The van der Waals surface area contributed by atoms with Gasteiger partial charge in [0.25, 0.3) is 5.91 Å². The van der Waals surface area contributed by atoms with E-state index in [1.54, 1.807) is 6.07 Å². The number of pyridine rings is 1. The number of carbonyl (C=O) groups is 1. The second kappa shape index (κ2) is 8.62. The number of hydrogen-bond donors (Lipinski definition) is 0. The number of morpholine rings is 1. The van der Waals surface area contributed by atoms with E-state index in [4.69, 9.17) is 4.74 Å². The zero-order chi connectivity index (χ0) is 21.1. The predicted molar refractivity (Wildman–Crippen MR) is 116 cm³/mol. The van der Waals surface area contributed by atoms with E-state index >= 15 is 0 Å². The van der Waals surface area contributed by atoms with Gasteiger partial charge in [-0.1, -0.05) is 18.2 Å². The number of ether oxygens (including phenoxy) is 1. The molecule has 1 aromatic carbocycles. The molecule has 2 aliphatic heterocycles. The molecule has 1 atom stereocenters. The Morgan fingerprint density at radius 2 is 1.97 bits per heavy atom. The smallest absolute Gasteiger partial charge is 0.255 e. The molecule has 1 amide bonds. The lowest BCUT2D eigenvalue weighted by Crippen LogP contribution is -2.61. The van der Waals surface area contributed by atoms with Gasteiger partial charge in [-0.3, -0.25) is 9.78 Å². The maximum atomic E-state index is 12.8. The van der Waals surface area contributed by atoms with E-state index < -0.39 is 6.10 Å². The Labute approximate surface area is 177 Å². The summed E-state index contributed by atoms with van der Waals surface area (Å²) in [6.07, 6.45) is 3.71. The number of rotatable bonds is 5. The molecule has 0 aliphatic carbocycles. The quantitative estimate of drug-likeness (QED) is 0.707. The van der Waals surface area contributed by atoms with Crippen molar-refractivity contribution in [2.75, 3.05) is 31.1 Å². The molecule has 1 unspecified atom stereocenters. The molecule has 2 saturated heterocycles. The summed E-state index contributed by atoms with van der Waals surface area (Å²) in [5.74, 6) is 0.0386. The molecule has 30 heavy (non-hydrogen) atoms. The molecule has 158 valence electrons. The highest BCUT2D eigenvalue weighted by Crippen LogP contribution is 2.35. The van der Waals surface area contributed by atoms with Crippen molar-refractivity contribution in [2.24, 2.45) is 5.18 Å². The molecular weight excluding hydrogens is 380 g/mol. The number of likely N-dealkylation sites (tertiary alicyclic amines) is 1. The number of carbonyl (C=O) groups excluding carboxylic acids is 1. The minimum Gasteiger partial charge on any atom is -0.360 e. The Morgan fingerprint density at radius 1 is 1.20 bits per heavy atom. The number of amides is 1. The van der Waals surface area contributed by atoms with Crippen molar-refractivity contribution in [1.82, 2.24) is 9.88 Å². The van der Waals surface area contributed by atoms with E-state index in [1.807, 2.05) is 49.1 Å². The highest BCUT2D eigenvalue weighted by molar-refractivity contribution is 5.97. The van der Waals surface area contributed by atoms with Gasteiger partial charge in [0.1, 0.15) is 11.8 Å². The number of nitroso groups, excluding NO2 is 1. The first kappa shape index (κ1) is 20.6. The number of aryl methyl sites for hydroxylation is 1. The average Bonchev–Trinajstić information content (AvgIpc) is 2.77. The minimum atomic E-state index is -0.431. The molecular formula is C23H28N4O3. The second-order valence-corrected chi connectivity index (χ2v) is 8.34. The Kier molecular flexibility index (Phi) is 5.92. The van der Waals surface area contributed by atoms with E-state index in [9.17, 15) is 9.70 Å². The molecule has 0 bridgehead atoms. The number of benzene rings is 1. The van der Waals surface area contributed by atoms with Crippen molar-refractivity contribution in [3.8, 4) is 0 Å². The fourth-order valence-electron chi connectivity index (χ4n) is 4.47. The van der Waals surface area contributed by atoms with E-state index in [0.717, 1.165) is 55.8 Å². The normalized spacial score (nSPS) is 21.7. The lowest BCUT2D eigenvalue weighted by atomic mass is 9.88. The third kappa shape index (κ3) is 4.27. The molecule has 4 rings (SSSR count). The number of piperidine rings is 1. The molecule has 0 saturated carbocycles. The van der Waals surface area contributed by atoms with Crippen LogP contribution in [0.2, 0.25) is 0 Å². The third-order valence-electron chi connectivity index (χ3n) is 6.26. The molecule has 0 N–H and O–H groups in total. The van der Waals surface area contributed by atoms with Gasteiger partial charge in [0.2, 0.25) is 0 Å². The molecule has 1 aromatic heterocycles. The summed E-state index contributed by atoms with van der Waals surface area (Å²) >= 11 is 0. The molecule has 7 heteroatoms. The first-order valence-electron chi connectivity index (χ1n) is 10.6. The summed E-state index contributed by atoms with van der Waals surface area (Å²) < 4.78 is 6.29. The van der Waals surface area contributed by atoms with Gasteiger partial charge in [0.05, 0.1) is 18.3 Å². The SMILES string of the molecule is Cc1ccccc1N1CC2(CCN(CCc3ccc(N=O)cn3)CC2)OC(C)C1=O. The highest BCUT2D eigenvalue weighted by Gasteiger charge is 2.45. The monoisotopic (exact) mass is 408 g/mol. The van der Waals surface area contributed by atoms with Crippen molar-refractivity contribution in [3.05, 3.63) is 58.8 Å². The van der Waals surface area contributed by atoms with E-state index in [1.165, 1.54) is 6.20 Å². The zero-order valence-corrected chi connectivity index (χ0v) is 17.6. The van der Waals surface area contributed by atoms with Gasteiger partial charge in [-0.25, -0.2) is 0 Å². The molecule has 2 fully saturated rings. The van der Waals surface area contributed by atoms with Crippen LogP contribution in [-0.4, -0.2) is 53.7 Å². The molecule has 2 aliphatic rings. The number of hydrogen-bond acceptors (Lipinski definition) is 6. The second-order valence-electron chi connectivity index (χ2n) is 8.34. The van der Waals surface area contributed by atoms with Crippen LogP contribution in [0.3, 0.4) is 0 Å². The summed E-state index contributed by atoms with van der Waals surface area (Å²) in [7, 11) is 0. The Bertz CT molecular complexity index is 907. The molecule has 1 spiro atoms. The fraction of sp³-hybridized carbons (Fsp3) is 0.478. The highest BCUT2D eigenvalue weighted by atomic mass is 16.5. The molecule has 7 nitrogen and oxygen atoms in total. The number of anilines is 1. The first-order chi connectivity index (χ1) is 14.5. The zero-order valence-electron chi connectivity index (χ0n) is 17.6. The van der Waals surface area contributed by atoms with Crippen LogP contribution in [0.1, 0.15) is 31.0 Å². The van der Waals surface area contributed by atoms with Crippen molar-refractivity contribution in [1.29, 1.82) is 0 Å². The lowest BCUT2D eigenvalue weighted by Gasteiger charge is -2.49. The summed E-state index contributed by atoms with van der Waals surface area (Å²) in [5.41, 5.74) is 3.12. The predicted octanol–water partition coefficient (Wildman–Crippen LogP) is 3.62. The summed E-state index contributed by atoms with van der Waals surface area (Å²) in [6, 6.07) is 11.6. The van der Waals surface area contributed by atoms with Crippen LogP contribution < -0.4 is 4.90 Å². The molecule has 2 aromatic rings. The van der Waals surface area contributed by atoms with Crippen LogP contribution in [0.4, 0.5) is 11.4 Å². The number of nitrogens with zero attached hydrogens (tertiary/aromatic N) is 4. The van der Waals surface area contributed by atoms with Gasteiger partial charge in [-0.15, -0.1) is 4.91 Å². The maximum Gasteiger partial charge on any atom is 0.255 e. The minimum absolute atomic E-state index is 0.0386. The van der Waals surface area contributed by atoms with Gasteiger partial charge in [-0.05, 0) is 55.6 Å². The Morgan fingerprint density at radius 3 is 2.63 bits per heavy atom. The van der Waals surface area contributed by atoms with Crippen LogP contribution >= 0.6 is 0 Å². The topological polar surface area (TPSA) is 75.1 Å². The van der Waals surface area contributed by atoms with Crippen molar-refractivity contribution in [3.63, 3.8) is 0 Å². The van der Waals surface area contributed by atoms with Crippen LogP contribution in [0.25, 0.3) is 0 Å². The first-order valence-corrected chi connectivity index (χ1v) is 10.6. The van der Waals surface area contributed by atoms with Gasteiger partial charge in [0, 0.05) is 37.4 Å².